The van der Waals surface area contributed by atoms with E-state index in [2.05, 4.69) is 4.99 Å². The van der Waals surface area contributed by atoms with Crippen molar-refractivity contribution >= 4 is 17.9 Å². The molecule has 2 aromatic rings. The summed E-state index contributed by atoms with van der Waals surface area (Å²) in [4.78, 5) is 16.2. The molecule has 0 unspecified atom stereocenters. The van der Waals surface area contributed by atoms with Crippen molar-refractivity contribution in [3.63, 3.8) is 0 Å². The normalized spacial score (nSPS) is 15.0. The lowest BCUT2D eigenvalue weighted by Gasteiger charge is -2.10. The van der Waals surface area contributed by atoms with Gasteiger partial charge in [0.25, 0.3) is 0 Å². The van der Waals surface area contributed by atoms with Gasteiger partial charge in [-0.1, -0.05) is 25.1 Å². The van der Waals surface area contributed by atoms with Gasteiger partial charge in [-0.3, -0.25) is 0 Å². The van der Waals surface area contributed by atoms with Crippen LogP contribution in [0.2, 0.25) is 0 Å². The predicted octanol–water partition coefficient (Wildman–Crippen LogP) is 3.97. The first-order valence-electron chi connectivity index (χ1n) is 8.20. The van der Waals surface area contributed by atoms with E-state index in [9.17, 15) is 9.18 Å². The highest BCUT2D eigenvalue weighted by Gasteiger charge is 2.26. The van der Waals surface area contributed by atoms with Crippen LogP contribution in [-0.4, -0.2) is 25.6 Å². The molecule has 5 nitrogen and oxygen atoms in total. The number of nitrogens with zero attached hydrogens (tertiary/aromatic N) is 1. The van der Waals surface area contributed by atoms with Crippen molar-refractivity contribution in [2.75, 3.05) is 13.7 Å². The quantitative estimate of drug-likeness (QED) is 0.581. The Morgan fingerprint density at radius 3 is 2.73 bits per heavy atom. The Morgan fingerprint density at radius 2 is 2.00 bits per heavy atom. The van der Waals surface area contributed by atoms with Crippen molar-refractivity contribution in [3.8, 4) is 11.5 Å². The summed E-state index contributed by atoms with van der Waals surface area (Å²) >= 11 is 0. The van der Waals surface area contributed by atoms with Crippen molar-refractivity contribution in [3.05, 3.63) is 65.1 Å². The SMILES string of the molecule is CCCOc1ccc(/C=C2/N=C(c3ccccc3F)OC2=O)cc1OC. The Kier molecular flexibility index (Phi) is 5.31. The first kappa shape index (κ1) is 17.7. The third-order valence-corrected chi connectivity index (χ3v) is 3.68. The van der Waals surface area contributed by atoms with Gasteiger partial charge in [-0.05, 0) is 42.3 Å². The smallest absolute Gasteiger partial charge is 0.363 e. The van der Waals surface area contributed by atoms with E-state index in [1.165, 1.54) is 12.1 Å². The lowest BCUT2D eigenvalue weighted by molar-refractivity contribution is -0.129. The number of ether oxygens (including phenoxy) is 3. The highest BCUT2D eigenvalue weighted by molar-refractivity contribution is 6.12. The molecule has 26 heavy (non-hydrogen) atoms. The molecular formula is C20H18FNO4. The van der Waals surface area contributed by atoms with Crippen LogP contribution in [0.4, 0.5) is 4.39 Å². The van der Waals surface area contributed by atoms with Gasteiger partial charge in [-0.2, -0.15) is 0 Å². The fraction of sp³-hybridized carbons (Fsp3) is 0.200. The first-order chi connectivity index (χ1) is 12.6. The number of methoxy groups -OCH3 is 1. The van der Waals surface area contributed by atoms with E-state index in [0.717, 1.165) is 6.42 Å². The van der Waals surface area contributed by atoms with Crippen molar-refractivity contribution in [2.24, 2.45) is 4.99 Å². The molecule has 3 rings (SSSR count). The fourth-order valence-corrected chi connectivity index (χ4v) is 2.42. The predicted molar refractivity (Wildman–Crippen MR) is 95.8 cm³/mol. The summed E-state index contributed by atoms with van der Waals surface area (Å²) in [5, 5.41) is 0. The van der Waals surface area contributed by atoms with Crippen LogP contribution in [-0.2, 0) is 9.53 Å². The summed E-state index contributed by atoms with van der Waals surface area (Å²) in [6, 6.07) is 11.3. The molecule has 0 aromatic heterocycles. The van der Waals surface area contributed by atoms with Crippen LogP contribution in [0.5, 0.6) is 11.5 Å². The number of rotatable bonds is 6. The molecule has 0 saturated heterocycles. The molecule has 0 saturated carbocycles. The van der Waals surface area contributed by atoms with Crippen LogP contribution in [0, 0.1) is 5.82 Å². The summed E-state index contributed by atoms with van der Waals surface area (Å²) in [5.41, 5.74) is 0.925. The van der Waals surface area contributed by atoms with Gasteiger partial charge in [-0.15, -0.1) is 0 Å². The Bertz CT molecular complexity index is 889. The lowest BCUT2D eigenvalue weighted by Crippen LogP contribution is -2.07. The van der Waals surface area contributed by atoms with Crippen molar-refractivity contribution in [2.45, 2.75) is 13.3 Å². The number of cyclic esters (lactones) is 1. The van der Waals surface area contributed by atoms with Gasteiger partial charge in [0.05, 0.1) is 19.3 Å². The molecule has 0 radical (unpaired) electrons. The minimum absolute atomic E-state index is 0.0470. The van der Waals surface area contributed by atoms with Gasteiger partial charge in [-0.25, -0.2) is 14.2 Å². The monoisotopic (exact) mass is 355 g/mol. The van der Waals surface area contributed by atoms with E-state index in [4.69, 9.17) is 14.2 Å². The number of aliphatic imine (C=N–C) groups is 1. The highest BCUT2D eigenvalue weighted by atomic mass is 19.1. The van der Waals surface area contributed by atoms with Gasteiger partial charge in [0.15, 0.2) is 17.2 Å². The average Bonchev–Trinajstić information content (AvgIpc) is 3.01. The Labute approximate surface area is 150 Å². The second kappa shape index (κ2) is 7.82. The Morgan fingerprint density at radius 1 is 1.19 bits per heavy atom. The molecule has 1 aliphatic heterocycles. The number of hydrogen-bond donors (Lipinski definition) is 0. The molecule has 0 atom stereocenters. The topological polar surface area (TPSA) is 57.1 Å². The van der Waals surface area contributed by atoms with Crippen LogP contribution in [0.15, 0.2) is 53.2 Å². The average molecular weight is 355 g/mol. The molecule has 0 N–H and O–H groups in total. The second-order valence-electron chi connectivity index (χ2n) is 5.57. The van der Waals surface area contributed by atoms with Crippen LogP contribution >= 0.6 is 0 Å². The Balaban J connectivity index is 1.89. The minimum Gasteiger partial charge on any atom is -0.493 e. The summed E-state index contributed by atoms with van der Waals surface area (Å²) in [7, 11) is 1.54. The lowest BCUT2D eigenvalue weighted by atomic mass is 10.1. The molecule has 0 amide bonds. The molecule has 134 valence electrons. The maximum Gasteiger partial charge on any atom is 0.363 e. The van der Waals surface area contributed by atoms with Gasteiger partial charge >= 0.3 is 5.97 Å². The van der Waals surface area contributed by atoms with Gasteiger partial charge < -0.3 is 14.2 Å². The number of esters is 1. The highest BCUT2D eigenvalue weighted by Crippen LogP contribution is 2.30. The third-order valence-electron chi connectivity index (χ3n) is 3.68. The molecule has 0 aliphatic carbocycles. The van der Waals surface area contributed by atoms with Crippen molar-refractivity contribution in [1.82, 2.24) is 0 Å². The van der Waals surface area contributed by atoms with E-state index in [0.29, 0.717) is 23.7 Å². The van der Waals surface area contributed by atoms with Crippen LogP contribution in [0.1, 0.15) is 24.5 Å². The van der Waals surface area contributed by atoms with Gasteiger partial charge in [0.1, 0.15) is 5.82 Å². The summed E-state index contributed by atoms with van der Waals surface area (Å²) < 4.78 is 29.9. The van der Waals surface area contributed by atoms with E-state index >= 15 is 0 Å². The fourth-order valence-electron chi connectivity index (χ4n) is 2.42. The van der Waals surface area contributed by atoms with Crippen molar-refractivity contribution < 1.29 is 23.4 Å². The molecule has 1 aliphatic rings. The number of carbonyl (C=O) groups excluding carboxylic acids is 1. The van der Waals surface area contributed by atoms with Crippen LogP contribution < -0.4 is 9.47 Å². The number of carbonyl (C=O) groups is 1. The van der Waals surface area contributed by atoms with E-state index in [-0.39, 0.29) is 17.2 Å². The largest absolute Gasteiger partial charge is 0.493 e. The minimum atomic E-state index is -0.631. The maximum atomic E-state index is 13.8. The third kappa shape index (κ3) is 3.74. The standard InChI is InChI=1S/C20H18FNO4/c1-3-10-25-17-9-8-13(12-18(17)24-2)11-16-20(23)26-19(22-16)14-6-4-5-7-15(14)21/h4-9,11-12H,3,10H2,1-2H3/b16-11+. The zero-order valence-corrected chi connectivity index (χ0v) is 14.5. The summed E-state index contributed by atoms with van der Waals surface area (Å²) in [6.07, 6.45) is 2.44. The van der Waals surface area contributed by atoms with Crippen LogP contribution in [0.3, 0.4) is 0 Å². The zero-order valence-electron chi connectivity index (χ0n) is 14.5. The second-order valence-corrected chi connectivity index (χ2v) is 5.57. The number of halogens is 1. The molecule has 2 aromatic carbocycles. The number of hydrogen-bond acceptors (Lipinski definition) is 5. The van der Waals surface area contributed by atoms with E-state index < -0.39 is 11.8 Å². The molecule has 0 fully saturated rings. The summed E-state index contributed by atoms with van der Waals surface area (Å²) in [6.45, 7) is 2.60. The van der Waals surface area contributed by atoms with Crippen LogP contribution in [0.25, 0.3) is 6.08 Å². The molecule has 6 heteroatoms. The van der Waals surface area contributed by atoms with Gasteiger partial charge in [0.2, 0.25) is 5.90 Å². The molecule has 0 spiro atoms. The maximum absolute atomic E-state index is 13.8. The first-order valence-corrected chi connectivity index (χ1v) is 8.20. The molecule has 0 bridgehead atoms. The Hall–Kier alpha value is -3.15. The van der Waals surface area contributed by atoms with E-state index in [1.54, 1.807) is 43.5 Å². The molecular weight excluding hydrogens is 337 g/mol. The number of benzene rings is 2. The van der Waals surface area contributed by atoms with E-state index in [1.807, 2.05) is 6.92 Å². The zero-order chi connectivity index (χ0) is 18.5. The molecule has 1 heterocycles. The van der Waals surface area contributed by atoms with Crippen molar-refractivity contribution in [1.29, 1.82) is 0 Å². The van der Waals surface area contributed by atoms with Gasteiger partial charge in [0, 0.05) is 0 Å². The summed E-state index contributed by atoms with van der Waals surface area (Å²) in [5.74, 6) is 0.000607.